The molecule has 0 aliphatic heterocycles. The van der Waals surface area contributed by atoms with Crippen LogP contribution in [-0.2, 0) is 4.79 Å². The normalized spacial score (nSPS) is 13.8. The average Bonchev–Trinajstić information content (AvgIpc) is 2.57. The lowest BCUT2D eigenvalue weighted by Crippen LogP contribution is -2.52. The fourth-order valence-electron chi connectivity index (χ4n) is 1.81. The molecule has 140 valence electrons. The Balaban J connectivity index is 2.12. The summed E-state index contributed by atoms with van der Waals surface area (Å²) < 4.78 is 43.1. The van der Waals surface area contributed by atoms with Crippen LogP contribution in [0.2, 0.25) is 5.02 Å². The Labute approximate surface area is 157 Å². The number of amides is 1. The monoisotopic (exact) mass is 405 g/mol. The lowest BCUT2D eigenvalue weighted by molar-refractivity contribution is -0.242. The fourth-order valence-corrected chi connectivity index (χ4v) is 2.96. The molecule has 2 N–H and O–H groups in total. The molecule has 0 aromatic heterocycles. The molecule has 2 rings (SSSR count). The molecule has 0 saturated carbocycles. The summed E-state index contributed by atoms with van der Waals surface area (Å²) in [7, 11) is 1.56. The van der Waals surface area contributed by atoms with Crippen molar-refractivity contribution in [3.63, 3.8) is 0 Å². The van der Waals surface area contributed by atoms with Gasteiger partial charge in [-0.3, -0.25) is 4.79 Å². The highest BCUT2D eigenvalue weighted by Crippen LogP contribution is 2.35. The summed E-state index contributed by atoms with van der Waals surface area (Å²) in [5.74, 6) is -0.899. The topological polar surface area (TPSA) is 58.6 Å². The van der Waals surface area contributed by atoms with Gasteiger partial charge in [-0.15, -0.1) is 0 Å². The summed E-state index contributed by atoms with van der Waals surface area (Å²) >= 11 is 7.42. The molecular formula is C17H15ClF3NO3S. The molecular weight excluding hydrogens is 391 g/mol. The van der Waals surface area contributed by atoms with Crippen LogP contribution < -0.4 is 10.1 Å². The number of nitrogens with one attached hydrogen (secondary N) is 1. The lowest BCUT2D eigenvalue weighted by Gasteiger charge is -2.25. The van der Waals surface area contributed by atoms with Crippen LogP contribution >= 0.6 is 23.4 Å². The molecule has 9 heteroatoms. The molecule has 1 amide bonds. The van der Waals surface area contributed by atoms with E-state index in [2.05, 4.69) is 0 Å². The first kappa shape index (κ1) is 20.4. The maximum Gasteiger partial charge on any atom is 0.426 e. The molecule has 4 nitrogen and oxygen atoms in total. The molecule has 0 spiro atoms. The van der Waals surface area contributed by atoms with Crippen molar-refractivity contribution in [3.8, 4) is 5.75 Å². The van der Waals surface area contributed by atoms with Crippen molar-refractivity contribution in [1.82, 2.24) is 0 Å². The SMILES string of the molecule is COc1ccc(Sc2ccc(NC(=O)[C@@](C)(O)C(F)(F)F)c(Cl)c2)cc1. The second-order valence-electron chi connectivity index (χ2n) is 5.44. The smallest absolute Gasteiger partial charge is 0.426 e. The Kier molecular flexibility index (Phi) is 6.10. The maximum absolute atomic E-state index is 12.7. The van der Waals surface area contributed by atoms with Gasteiger partial charge in [-0.1, -0.05) is 23.4 Å². The van der Waals surface area contributed by atoms with Gasteiger partial charge in [0.05, 0.1) is 17.8 Å². The minimum atomic E-state index is -5.10. The van der Waals surface area contributed by atoms with Crippen LogP contribution in [0.1, 0.15) is 6.92 Å². The van der Waals surface area contributed by atoms with Crippen LogP contribution in [0.3, 0.4) is 0 Å². The van der Waals surface area contributed by atoms with E-state index < -0.39 is 17.7 Å². The molecule has 0 saturated heterocycles. The van der Waals surface area contributed by atoms with E-state index in [-0.39, 0.29) is 10.7 Å². The molecule has 26 heavy (non-hydrogen) atoms. The van der Waals surface area contributed by atoms with E-state index in [1.807, 2.05) is 17.4 Å². The van der Waals surface area contributed by atoms with E-state index in [1.165, 1.54) is 23.9 Å². The van der Waals surface area contributed by atoms with E-state index in [0.717, 1.165) is 9.79 Å². The van der Waals surface area contributed by atoms with Crippen LogP contribution in [0, 0.1) is 0 Å². The van der Waals surface area contributed by atoms with Gasteiger partial charge in [-0.05, 0) is 49.4 Å². The third-order valence-corrected chi connectivity index (χ3v) is 4.79. The Bertz CT molecular complexity index is 795. The number of methoxy groups -OCH3 is 1. The molecule has 0 unspecified atom stereocenters. The Morgan fingerprint density at radius 2 is 1.73 bits per heavy atom. The van der Waals surface area contributed by atoms with Crippen LogP contribution in [0.25, 0.3) is 0 Å². The van der Waals surface area contributed by atoms with Crippen LogP contribution in [0.15, 0.2) is 52.3 Å². The van der Waals surface area contributed by atoms with Gasteiger partial charge in [0, 0.05) is 9.79 Å². The lowest BCUT2D eigenvalue weighted by atomic mass is 10.1. The highest BCUT2D eigenvalue weighted by molar-refractivity contribution is 7.99. The summed E-state index contributed by atoms with van der Waals surface area (Å²) in [6.45, 7) is 0.379. The van der Waals surface area contributed by atoms with Crippen molar-refractivity contribution >= 4 is 35.0 Å². The molecule has 0 radical (unpaired) electrons. The van der Waals surface area contributed by atoms with Gasteiger partial charge in [0.25, 0.3) is 5.91 Å². The number of anilines is 1. The number of benzene rings is 2. The number of hydrogen-bond acceptors (Lipinski definition) is 4. The zero-order valence-corrected chi connectivity index (χ0v) is 15.3. The summed E-state index contributed by atoms with van der Waals surface area (Å²) in [4.78, 5) is 13.3. The van der Waals surface area contributed by atoms with Gasteiger partial charge >= 0.3 is 6.18 Å². The first-order valence-electron chi connectivity index (χ1n) is 7.26. The molecule has 1 atom stereocenters. The van der Waals surface area contributed by atoms with Gasteiger partial charge in [-0.25, -0.2) is 0 Å². The predicted molar refractivity (Wildman–Crippen MR) is 93.9 cm³/mol. The number of halogens is 4. The van der Waals surface area contributed by atoms with Crippen molar-refractivity contribution in [2.45, 2.75) is 28.5 Å². The van der Waals surface area contributed by atoms with E-state index in [4.69, 9.17) is 16.3 Å². The van der Waals surface area contributed by atoms with Crippen molar-refractivity contribution in [2.75, 3.05) is 12.4 Å². The van der Waals surface area contributed by atoms with E-state index in [9.17, 15) is 23.1 Å². The third-order valence-electron chi connectivity index (χ3n) is 3.48. The summed E-state index contributed by atoms with van der Waals surface area (Å²) in [6.07, 6.45) is -5.10. The van der Waals surface area contributed by atoms with Gasteiger partial charge in [0.15, 0.2) is 0 Å². The second-order valence-corrected chi connectivity index (χ2v) is 7.00. The van der Waals surface area contributed by atoms with Crippen LogP contribution in [0.5, 0.6) is 5.75 Å². The first-order chi connectivity index (χ1) is 12.0. The molecule has 0 fully saturated rings. The zero-order chi connectivity index (χ0) is 19.5. The minimum Gasteiger partial charge on any atom is -0.497 e. The first-order valence-corrected chi connectivity index (χ1v) is 8.46. The van der Waals surface area contributed by atoms with Gasteiger partial charge in [0.2, 0.25) is 5.60 Å². The number of rotatable bonds is 5. The quantitative estimate of drug-likeness (QED) is 0.753. The van der Waals surface area contributed by atoms with Gasteiger partial charge in [0.1, 0.15) is 5.75 Å². The number of aliphatic hydroxyl groups is 1. The standard InChI is InChI=1S/C17H15ClF3NO3S/c1-16(24,17(19,20)21)15(23)22-14-8-7-12(9-13(14)18)26-11-5-3-10(25-2)4-6-11/h3-9,24H,1-2H3,(H,22,23)/t16-/m1/s1. The molecule has 0 bridgehead atoms. The number of alkyl halides is 3. The van der Waals surface area contributed by atoms with E-state index in [0.29, 0.717) is 12.7 Å². The van der Waals surface area contributed by atoms with E-state index in [1.54, 1.807) is 25.3 Å². The Morgan fingerprint density at radius 1 is 1.15 bits per heavy atom. The van der Waals surface area contributed by atoms with Crippen molar-refractivity contribution < 1.29 is 27.8 Å². The van der Waals surface area contributed by atoms with Crippen molar-refractivity contribution in [1.29, 1.82) is 0 Å². The molecule has 0 aliphatic carbocycles. The predicted octanol–water partition coefficient (Wildman–Crippen LogP) is 4.75. The number of hydrogen-bond donors (Lipinski definition) is 2. The summed E-state index contributed by atoms with van der Waals surface area (Å²) in [5, 5.41) is 11.4. The van der Waals surface area contributed by atoms with Gasteiger partial charge in [-0.2, -0.15) is 13.2 Å². The van der Waals surface area contributed by atoms with Crippen molar-refractivity contribution in [2.24, 2.45) is 0 Å². The zero-order valence-electron chi connectivity index (χ0n) is 13.7. The highest BCUT2D eigenvalue weighted by Gasteiger charge is 2.55. The van der Waals surface area contributed by atoms with Crippen LogP contribution in [0.4, 0.5) is 18.9 Å². The summed E-state index contributed by atoms with van der Waals surface area (Å²) in [6, 6.07) is 11.7. The number of ether oxygens (including phenoxy) is 1. The average molecular weight is 406 g/mol. The maximum atomic E-state index is 12.7. The van der Waals surface area contributed by atoms with E-state index >= 15 is 0 Å². The molecule has 0 heterocycles. The largest absolute Gasteiger partial charge is 0.497 e. The third kappa shape index (κ3) is 4.63. The van der Waals surface area contributed by atoms with Crippen molar-refractivity contribution in [3.05, 3.63) is 47.5 Å². The molecule has 2 aromatic rings. The number of carbonyl (C=O) groups is 1. The number of carbonyl (C=O) groups excluding carboxylic acids is 1. The fraction of sp³-hybridized carbons (Fsp3) is 0.235. The second kappa shape index (κ2) is 7.77. The Hall–Kier alpha value is -1.90. The van der Waals surface area contributed by atoms with Gasteiger partial charge < -0.3 is 15.2 Å². The highest BCUT2D eigenvalue weighted by atomic mass is 35.5. The van der Waals surface area contributed by atoms with Crippen LogP contribution in [-0.4, -0.2) is 29.9 Å². The Morgan fingerprint density at radius 3 is 2.23 bits per heavy atom. The molecule has 2 aromatic carbocycles. The molecule has 0 aliphatic rings. The summed E-state index contributed by atoms with van der Waals surface area (Å²) in [5.41, 5.74) is -3.55. The minimum absolute atomic E-state index is 0.0275.